The fourth-order valence-electron chi connectivity index (χ4n) is 2.37. The number of aromatic amines is 1. The summed E-state index contributed by atoms with van der Waals surface area (Å²) in [7, 11) is 0. The van der Waals surface area contributed by atoms with Crippen molar-refractivity contribution >= 4 is 35.2 Å². The van der Waals surface area contributed by atoms with Crippen LogP contribution in [0.15, 0.2) is 59.4 Å². The molecule has 0 spiro atoms. The zero-order chi connectivity index (χ0) is 16.4. The van der Waals surface area contributed by atoms with E-state index in [1.54, 1.807) is 42.5 Å². The number of hydrogen-bond donors (Lipinski definition) is 2. The Morgan fingerprint density at radius 3 is 2.61 bits per heavy atom. The molecular formula is C17H12N2O3S. The Bertz CT molecular complexity index is 1050. The Morgan fingerprint density at radius 1 is 1.13 bits per heavy atom. The molecule has 0 saturated heterocycles. The summed E-state index contributed by atoms with van der Waals surface area (Å²) in [5, 5.41) is 9.32. The SMILES string of the molecule is O=C(O)/C=C/c1ccccc1-n1c(=S)[nH]c2ccccc2c1=O. The largest absolute Gasteiger partial charge is 0.478 e. The average molecular weight is 324 g/mol. The van der Waals surface area contributed by atoms with Crippen LogP contribution < -0.4 is 5.56 Å². The average Bonchev–Trinajstić information content (AvgIpc) is 2.54. The van der Waals surface area contributed by atoms with Crippen LogP contribution in [0.2, 0.25) is 0 Å². The minimum atomic E-state index is -1.06. The van der Waals surface area contributed by atoms with Gasteiger partial charge in [0, 0.05) is 6.08 Å². The molecule has 3 aromatic rings. The first kappa shape index (κ1) is 14.9. The van der Waals surface area contributed by atoms with Gasteiger partial charge in [-0.15, -0.1) is 0 Å². The number of nitrogens with one attached hydrogen (secondary N) is 1. The highest BCUT2D eigenvalue weighted by atomic mass is 32.1. The number of carbonyl (C=O) groups is 1. The molecule has 2 N–H and O–H groups in total. The van der Waals surface area contributed by atoms with Gasteiger partial charge in [0.2, 0.25) is 0 Å². The van der Waals surface area contributed by atoms with Crippen molar-refractivity contribution in [1.29, 1.82) is 0 Å². The van der Waals surface area contributed by atoms with Crippen LogP contribution in [0.25, 0.3) is 22.7 Å². The van der Waals surface area contributed by atoms with Crippen molar-refractivity contribution in [3.8, 4) is 5.69 Å². The van der Waals surface area contributed by atoms with Crippen molar-refractivity contribution in [3.63, 3.8) is 0 Å². The van der Waals surface area contributed by atoms with Crippen LogP contribution in [0.1, 0.15) is 5.56 Å². The summed E-state index contributed by atoms with van der Waals surface area (Å²) in [6, 6.07) is 14.1. The Morgan fingerprint density at radius 2 is 1.83 bits per heavy atom. The van der Waals surface area contributed by atoms with Gasteiger partial charge in [0.25, 0.3) is 5.56 Å². The highest BCUT2D eigenvalue weighted by Crippen LogP contribution is 2.16. The third-order valence-electron chi connectivity index (χ3n) is 3.39. The van der Waals surface area contributed by atoms with E-state index in [9.17, 15) is 9.59 Å². The highest BCUT2D eigenvalue weighted by Gasteiger charge is 2.09. The molecule has 0 saturated carbocycles. The van der Waals surface area contributed by atoms with Crippen molar-refractivity contribution in [1.82, 2.24) is 9.55 Å². The number of aromatic nitrogens is 2. The summed E-state index contributed by atoms with van der Waals surface area (Å²) in [6.07, 6.45) is 2.46. The van der Waals surface area contributed by atoms with Gasteiger partial charge in [-0.2, -0.15) is 0 Å². The topological polar surface area (TPSA) is 75.1 Å². The van der Waals surface area contributed by atoms with Gasteiger partial charge in [0.15, 0.2) is 4.77 Å². The molecule has 0 atom stereocenters. The molecule has 0 bridgehead atoms. The zero-order valence-corrected chi connectivity index (χ0v) is 12.7. The van der Waals surface area contributed by atoms with E-state index in [2.05, 4.69) is 4.98 Å². The van der Waals surface area contributed by atoms with Crippen molar-refractivity contribution in [2.24, 2.45) is 0 Å². The number of rotatable bonds is 3. The number of para-hydroxylation sites is 2. The van der Waals surface area contributed by atoms with Gasteiger partial charge in [0.05, 0.1) is 16.6 Å². The molecule has 1 aromatic heterocycles. The number of benzene rings is 2. The third-order valence-corrected chi connectivity index (χ3v) is 3.67. The Hall–Kier alpha value is -2.99. The Kier molecular flexibility index (Phi) is 3.91. The quantitative estimate of drug-likeness (QED) is 0.573. The smallest absolute Gasteiger partial charge is 0.328 e. The molecular weight excluding hydrogens is 312 g/mol. The normalized spacial score (nSPS) is 11.1. The number of H-pyrrole nitrogens is 1. The summed E-state index contributed by atoms with van der Waals surface area (Å²) >= 11 is 5.31. The van der Waals surface area contributed by atoms with E-state index < -0.39 is 5.97 Å². The number of aliphatic carboxylic acids is 1. The Labute approximate surface area is 136 Å². The monoisotopic (exact) mass is 324 g/mol. The zero-order valence-electron chi connectivity index (χ0n) is 11.9. The van der Waals surface area contributed by atoms with E-state index in [1.165, 1.54) is 10.6 Å². The van der Waals surface area contributed by atoms with Crippen LogP contribution in [0.5, 0.6) is 0 Å². The van der Waals surface area contributed by atoms with E-state index in [0.717, 1.165) is 6.08 Å². The number of hydrogen-bond acceptors (Lipinski definition) is 3. The fraction of sp³-hybridized carbons (Fsp3) is 0. The molecule has 6 heteroatoms. The van der Waals surface area contributed by atoms with E-state index in [4.69, 9.17) is 17.3 Å². The van der Waals surface area contributed by atoms with Gasteiger partial charge in [-0.3, -0.25) is 9.36 Å². The standard InChI is InChI=1S/C17H12N2O3S/c20-15(21)10-9-11-5-1-4-8-14(11)19-16(22)12-6-2-3-7-13(12)18-17(19)23/h1-10H,(H,18,23)(H,20,21)/b10-9+. The predicted octanol–water partition coefficient (Wildman–Crippen LogP) is 3.15. The molecule has 0 amide bonds. The lowest BCUT2D eigenvalue weighted by Crippen LogP contribution is -2.21. The molecule has 0 aliphatic heterocycles. The van der Waals surface area contributed by atoms with Crippen LogP contribution in [-0.4, -0.2) is 20.6 Å². The number of carboxylic acid groups (broad SMARTS) is 1. The molecule has 2 aromatic carbocycles. The van der Waals surface area contributed by atoms with Crippen molar-refractivity contribution < 1.29 is 9.90 Å². The molecule has 0 radical (unpaired) electrons. The summed E-state index contributed by atoms with van der Waals surface area (Å²) < 4.78 is 1.63. The summed E-state index contributed by atoms with van der Waals surface area (Å²) in [5.74, 6) is -1.06. The molecule has 0 aliphatic carbocycles. The van der Waals surface area contributed by atoms with Crippen LogP contribution >= 0.6 is 12.2 Å². The Balaban J connectivity index is 2.32. The lowest BCUT2D eigenvalue weighted by Gasteiger charge is -2.10. The third kappa shape index (κ3) is 2.84. The molecule has 0 unspecified atom stereocenters. The maximum atomic E-state index is 12.8. The second kappa shape index (κ2) is 6.02. The van der Waals surface area contributed by atoms with Gasteiger partial charge in [0.1, 0.15) is 0 Å². The minimum Gasteiger partial charge on any atom is -0.478 e. The van der Waals surface area contributed by atoms with Crippen LogP contribution in [-0.2, 0) is 4.79 Å². The number of nitrogens with zero attached hydrogens (tertiary/aromatic N) is 1. The van der Waals surface area contributed by atoms with Gasteiger partial charge >= 0.3 is 5.97 Å². The van der Waals surface area contributed by atoms with Crippen molar-refractivity contribution in [2.45, 2.75) is 0 Å². The molecule has 1 heterocycles. The first-order valence-corrected chi connectivity index (χ1v) is 7.23. The summed E-state index contributed by atoms with van der Waals surface area (Å²) in [5.41, 5.74) is 1.53. The number of carboxylic acids is 1. The van der Waals surface area contributed by atoms with E-state index in [1.807, 2.05) is 6.07 Å². The summed E-state index contributed by atoms with van der Waals surface area (Å²) in [4.78, 5) is 26.6. The van der Waals surface area contributed by atoms with Crippen molar-refractivity contribution in [3.05, 3.63) is 75.3 Å². The fourth-order valence-corrected chi connectivity index (χ4v) is 2.67. The van der Waals surface area contributed by atoms with E-state index >= 15 is 0 Å². The second-order valence-corrected chi connectivity index (χ2v) is 5.23. The lowest BCUT2D eigenvalue weighted by molar-refractivity contribution is -0.131. The van der Waals surface area contributed by atoms with Gasteiger partial charge in [-0.1, -0.05) is 30.3 Å². The molecule has 5 nitrogen and oxygen atoms in total. The van der Waals surface area contributed by atoms with Gasteiger partial charge < -0.3 is 10.1 Å². The first-order chi connectivity index (χ1) is 11.1. The molecule has 23 heavy (non-hydrogen) atoms. The van der Waals surface area contributed by atoms with Crippen LogP contribution in [0.4, 0.5) is 0 Å². The van der Waals surface area contributed by atoms with Crippen LogP contribution in [0, 0.1) is 4.77 Å². The molecule has 0 fully saturated rings. The molecule has 0 aliphatic rings. The van der Waals surface area contributed by atoms with E-state index in [0.29, 0.717) is 22.2 Å². The second-order valence-electron chi connectivity index (χ2n) is 4.85. The molecule has 3 rings (SSSR count). The summed E-state index contributed by atoms with van der Waals surface area (Å²) in [6.45, 7) is 0. The highest BCUT2D eigenvalue weighted by molar-refractivity contribution is 7.71. The van der Waals surface area contributed by atoms with Crippen molar-refractivity contribution in [2.75, 3.05) is 0 Å². The van der Waals surface area contributed by atoms with Gasteiger partial charge in [-0.25, -0.2) is 4.79 Å². The van der Waals surface area contributed by atoms with E-state index in [-0.39, 0.29) is 10.3 Å². The van der Waals surface area contributed by atoms with Gasteiger partial charge in [-0.05, 0) is 42.1 Å². The first-order valence-electron chi connectivity index (χ1n) is 6.82. The molecule has 114 valence electrons. The van der Waals surface area contributed by atoms with Crippen LogP contribution in [0.3, 0.4) is 0 Å². The maximum absolute atomic E-state index is 12.8. The predicted molar refractivity (Wildman–Crippen MR) is 91.4 cm³/mol. The number of fused-ring (bicyclic) bond motifs is 1. The lowest BCUT2D eigenvalue weighted by atomic mass is 10.1. The maximum Gasteiger partial charge on any atom is 0.328 e. The minimum absolute atomic E-state index is 0.250.